The summed E-state index contributed by atoms with van der Waals surface area (Å²) in [5.74, 6) is -0.289. The van der Waals surface area contributed by atoms with Crippen LogP contribution in [0.15, 0.2) is 65.2 Å². The third kappa shape index (κ3) is 3.52. The highest BCUT2D eigenvalue weighted by Gasteiger charge is 2.16. The van der Waals surface area contributed by atoms with E-state index in [-0.39, 0.29) is 12.3 Å². The molecule has 1 heterocycles. The Bertz CT molecular complexity index is 827. The first kappa shape index (κ1) is 16.0. The average molecular weight is 322 g/mol. The van der Waals surface area contributed by atoms with Gasteiger partial charge in [-0.25, -0.2) is 0 Å². The molecule has 3 rings (SSSR count). The van der Waals surface area contributed by atoms with Gasteiger partial charge in [0.05, 0.1) is 6.10 Å². The van der Waals surface area contributed by atoms with Gasteiger partial charge in [0.1, 0.15) is 5.69 Å². The van der Waals surface area contributed by atoms with E-state index in [0.29, 0.717) is 5.69 Å². The van der Waals surface area contributed by atoms with Crippen LogP contribution in [-0.4, -0.2) is 22.7 Å². The summed E-state index contributed by atoms with van der Waals surface area (Å²) >= 11 is 0. The van der Waals surface area contributed by atoms with Crippen molar-refractivity contribution in [3.63, 3.8) is 0 Å². The lowest BCUT2D eigenvalue weighted by atomic mass is 10.0. The molecule has 1 amide bonds. The molecule has 0 aliphatic heterocycles. The number of aliphatic hydroxyl groups excluding tert-OH is 1. The van der Waals surface area contributed by atoms with E-state index in [0.717, 1.165) is 16.7 Å². The van der Waals surface area contributed by atoms with Crippen LogP contribution in [0.3, 0.4) is 0 Å². The Morgan fingerprint density at radius 2 is 1.88 bits per heavy atom. The lowest BCUT2D eigenvalue weighted by molar-refractivity contribution is 0.0880. The van der Waals surface area contributed by atoms with Gasteiger partial charge < -0.3 is 14.9 Å². The Balaban J connectivity index is 1.64. The van der Waals surface area contributed by atoms with Crippen molar-refractivity contribution in [2.45, 2.75) is 13.0 Å². The number of amides is 1. The van der Waals surface area contributed by atoms with Crippen molar-refractivity contribution in [3.8, 4) is 11.3 Å². The second-order valence-corrected chi connectivity index (χ2v) is 5.52. The Hall–Kier alpha value is -2.92. The largest absolute Gasteiger partial charge is 0.387 e. The molecule has 1 atom stereocenters. The molecule has 1 unspecified atom stereocenters. The van der Waals surface area contributed by atoms with E-state index in [2.05, 4.69) is 10.5 Å². The fourth-order valence-corrected chi connectivity index (χ4v) is 2.47. The molecule has 2 N–H and O–H groups in total. The molecule has 3 aromatic rings. The van der Waals surface area contributed by atoms with Gasteiger partial charge in [0.25, 0.3) is 5.91 Å². The molecular weight excluding hydrogens is 304 g/mol. The van der Waals surface area contributed by atoms with Crippen LogP contribution in [-0.2, 0) is 0 Å². The number of rotatable bonds is 5. The summed E-state index contributed by atoms with van der Waals surface area (Å²) in [6.07, 6.45) is -0.772. The van der Waals surface area contributed by atoms with Crippen LogP contribution in [0.5, 0.6) is 0 Å². The molecule has 0 aliphatic rings. The van der Waals surface area contributed by atoms with Gasteiger partial charge in [-0.3, -0.25) is 4.79 Å². The molecule has 2 aromatic carbocycles. The minimum atomic E-state index is -0.772. The van der Waals surface area contributed by atoms with Crippen LogP contribution in [0.4, 0.5) is 0 Å². The van der Waals surface area contributed by atoms with Crippen molar-refractivity contribution in [1.82, 2.24) is 10.5 Å². The number of aliphatic hydroxyl groups is 1. The highest BCUT2D eigenvalue weighted by atomic mass is 16.5. The SMILES string of the molecule is Cc1ccccc1C(O)CNC(=O)c1cc(-c2ccccc2)no1. The second-order valence-electron chi connectivity index (χ2n) is 5.52. The van der Waals surface area contributed by atoms with E-state index >= 15 is 0 Å². The van der Waals surface area contributed by atoms with Gasteiger partial charge >= 0.3 is 0 Å². The number of carbonyl (C=O) groups excluding carboxylic acids is 1. The summed E-state index contributed by atoms with van der Waals surface area (Å²) in [5, 5.41) is 16.8. The van der Waals surface area contributed by atoms with Gasteiger partial charge in [0.15, 0.2) is 0 Å². The molecule has 1 aromatic heterocycles. The normalized spacial score (nSPS) is 11.9. The minimum Gasteiger partial charge on any atom is -0.387 e. The van der Waals surface area contributed by atoms with Crippen molar-refractivity contribution in [2.75, 3.05) is 6.54 Å². The van der Waals surface area contributed by atoms with Gasteiger partial charge in [0.2, 0.25) is 5.76 Å². The third-order valence-corrected chi connectivity index (χ3v) is 3.81. The van der Waals surface area contributed by atoms with Crippen LogP contribution >= 0.6 is 0 Å². The molecular formula is C19H18N2O3. The van der Waals surface area contributed by atoms with E-state index in [9.17, 15) is 9.90 Å². The number of benzene rings is 2. The van der Waals surface area contributed by atoms with Gasteiger partial charge in [0, 0.05) is 18.2 Å². The van der Waals surface area contributed by atoms with E-state index in [1.165, 1.54) is 0 Å². The average Bonchev–Trinajstić information content (AvgIpc) is 3.11. The third-order valence-electron chi connectivity index (χ3n) is 3.81. The molecule has 0 spiro atoms. The van der Waals surface area contributed by atoms with Crippen LogP contribution in [0.25, 0.3) is 11.3 Å². The van der Waals surface area contributed by atoms with Crippen molar-refractivity contribution in [1.29, 1.82) is 0 Å². The monoisotopic (exact) mass is 322 g/mol. The molecule has 24 heavy (non-hydrogen) atoms. The Kier molecular flexibility index (Phi) is 4.72. The van der Waals surface area contributed by atoms with Crippen molar-refractivity contribution >= 4 is 5.91 Å². The fourth-order valence-electron chi connectivity index (χ4n) is 2.47. The van der Waals surface area contributed by atoms with Crippen LogP contribution in [0, 0.1) is 6.92 Å². The summed E-state index contributed by atoms with van der Waals surface area (Å²) in [6.45, 7) is 2.02. The number of nitrogens with one attached hydrogen (secondary N) is 1. The first-order valence-corrected chi connectivity index (χ1v) is 7.69. The number of hydrogen-bond acceptors (Lipinski definition) is 4. The maximum Gasteiger partial charge on any atom is 0.290 e. The molecule has 122 valence electrons. The zero-order chi connectivity index (χ0) is 16.9. The predicted octanol–water partition coefficient (Wildman–Crippen LogP) is 3.11. The number of aryl methyl sites for hydroxylation is 1. The first-order chi connectivity index (χ1) is 11.6. The molecule has 0 bridgehead atoms. The van der Waals surface area contributed by atoms with Crippen molar-refractivity contribution in [3.05, 3.63) is 77.6 Å². The Morgan fingerprint density at radius 3 is 2.62 bits per heavy atom. The zero-order valence-corrected chi connectivity index (χ0v) is 13.3. The summed E-state index contributed by atoms with van der Waals surface area (Å²) in [4.78, 5) is 12.2. The lowest BCUT2D eigenvalue weighted by Crippen LogP contribution is -2.28. The summed E-state index contributed by atoms with van der Waals surface area (Å²) in [5.41, 5.74) is 3.24. The molecule has 5 nitrogen and oxygen atoms in total. The fraction of sp³-hybridized carbons (Fsp3) is 0.158. The molecule has 0 saturated heterocycles. The molecule has 0 fully saturated rings. The van der Waals surface area contributed by atoms with E-state index in [1.54, 1.807) is 6.07 Å². The summed E-state index contributed by atoms with van der Waals surface area (Å²) < 4.78 is 5.10. The topological polar surface area (TPSA) is 75.4 Å². The van der Waals surface area contributed by atoms with Gasteiger partial charge in [-0.05, 0) is 18.1 Å². The van der Waals surface area contributed by atoms with Gasteiger partial charge in [-0.1, -0.05) is 59.8 Å². The van der Waals surface area contributed by atoms with Crippen LogP contribution in [0.1, 0.15) is 27.8 Å². The first-order valence-electron chi connectivity index (χ1n) is 7.69. The number of aromatic nitrogens is 1. The number of carbonyl (C=O) groups is 1. The van der Waals surface area contributed by atoms with Crippen LogP contribution in [0.2, 0.25) is 0 Å². The number of nitrogens with zero attached hydrogens (tertiary/aromatic N) is 1. The molecule has 5 heteroatoms. The molecule has 0 aliphatic carbocycles. The summed E-state index contributed by atoms with van der Waals surface area (Å²) in [7, 11) is 0. The smallest absolute Gasteiger partial charge is 0.290 e. The van der Waals surface area contributed by atoms with Crippen molar-refractivity contribution < 1.29 is 14.4 Å². The standard InChI is InChI=1S/C19H18N2O3/c1-13-7-5-6-10-15(13)17(22)12-20-19(23)18-11-16(21-24-18)14-8-3-2-4-9-14/h2-11,17,22H,12H2,1H3,(H,20,23). The highest BCUT2D eigenvalue weighted by molar-refractivity contribution is 5.92. The molecule has 0 saturated carbocycles. The van der Waals surface area contributed by atoms with Gasteiger partial charge in [-0.2, -0.15) is 0 Å². The maximum absolute atomic E-state index is 12.2. The second kappa shape index (κ2) is 7.10. The maximum atomic E-state index is 12.2. The molecule has 0 radical (unpaired) electrons. The quantitative estimate of drug-likeness (QED) is 0.757. The summed E-state index contributed by atoms with van der Waals surface area (Å²) in [6, 6.07) is 18.6. The Labute approximate surface area is 139 Å². The van der Waals surface area contributed by atoms with E-state index < -0.39 is 12.0 Å². The highest BCUT2D eigenvalue weighted by Crippen LogP contribution is 2.19. The van der Waals surface area contributed by atoms with E-state index in [1.807, 2.05) is 61.5 Å². The van der Waals surface area contributed by atoms with Gasteiger partial charge in [-0.15, -0.1) is 0 Å². The predicted molar refractivity (Wildman–Crippen MR) is 90.4 cm³/mol. The number of hydrogen-bond donors (Lipinski definition) is 2. The van der Waals surface area contributed by atoms with Crippen molar-refractivity contribution in [2.24, 2.45) is 0 Å². The zero-order valence-electron chi connectivity index (χ0n) is 13.3. The minimum absolute atomic E-state index is 0.102. The lowest BCUT2D eigenvalue weighted by Gasteiger charge is -2.13. The van der Waals surface area contributed by atoms with E-state index in [4.69, 9.17) is 4.52 Å². The Morgan fingerprint density at radius 1 is 1.17 bits per heavy atom. The van der Waals surface area contributed by atoms with Crippen LogP contribution < -0.4 is 5.32 Å².